The number of rotatable bonds is 0. The summed E-state index contributed by atoms with van der Waals surface area (Å²) in [4.78, 5) is 0.854. The summed E-state index contributed by atoms with van der Waals surface area (Å²) in [5, 5.41) is 0. The Labute approximate surface area is 55.3 Å². The summed E-state index contributed by atoms with van der Waals surface area (Å²) < 4.78 is 1.09. The molecule has 7 heavy (non-hydrogen) atoms. The van der Waals surface area contributed by atoms with Crippen molar-refractivity contribution in [2.24, 2.45) is 0 Å². The lowest BCUT2D eigenvalue weighted by Crippen LogP contribution is -1.43. The van der Waals surface area contributed by atoms with Crippen molar-refractivity contribution >= 4 is 27.3 Å². The van der Waals surface area contributed by atoms with Gasteiger partial charge in [0.25, 0.3) is 0 Å². The summed E-state index contributed by atoms with van der Waals surface area (Å²) in [7, 11) is 0. The molecule has 0 fully saturated rings. The maximum absolute atomic E-state index is 5.37. The van der Waals surface area contributed by atoms with Gasteiger partial charge in [-0.2, -0.15) is 0 Å². The maximum Gasteiger partial charge on any atom is 0.0701 e. The molecule has 2 heteroatoms. The normalized spacial score (nSPS) is 9.43. The molecule has 0 unspecified atom stereocenters. The molecule has 0 N–H and O–H groups in total. The Morgan fingerprint density at radius 1 is 1.57 bits per heavy atom. The van der Waals surface area contributed by atoms with Gasteiger partial charge in [-0.05, 0) is 28.1 Å². The highest BCUT2D eigenvalue weighted by Gasteiger charge is 1.86. The van der Waals surface area contributed by atoms with E-state index in [0.717, 1.165) is 8.66 Å². The van der Waals surface area contributed by atoms with E-state index in [2.05, 4.69) is 15.9 Å². The second kappa shape index (κ2) is 1.97. The molecule has 1 heterocycles. The van der Waals surface area contributed by atoms with E-state index in [0.29, 0.717) is 0 Å². The molecule has 36 valence electrons. The zero-order chi connectivity index (χ0) is 5.28. The highest BCUT2D eigenvalue weighted by Crippen LogP contribution is 2.20. The van der Waals surface area contributed by atoms with Crippen molar-refractivity contribution in [1.82, 2.24) is 0 Å². The molecule has 1 rings (SSSR count). The predicted octanol–water partition coefficient (Wildman–Crippen LogP) is 2.57. The zero-order valence-corrected chi connectivity index (χ0v) is 5.92. The van der Waals surface area contributed by atoms with Crippen molar-refractivity contribution in [3.8, 4) is 0 Å². The Hall–Kier alpha value is 0.180. The van der Waals surface area contributed by atoms with Crippen LogP contribution in [0.1, 0.15) is 4.88 Å². The third-order valence-electron chi connectivity index (χ3n) is 0.594. The molecule has 0 spiro atoms. The van der Waals surface area contributed by atoms with E-state index in [1.807, 2.05) is 12.1 Å². The second-order valence-corrected chi connectivity index (χ2v) is 3.64. The van der Waals surface area contributed by atoms with Gasteiger partial charge in [-0.25, -0.2) is 0 Å². The monoisotopic (exact) mass is 174 g/mol. The molecule has 0 saturated heterocycles. The van der Waals surface area contributed by atoms with E-state index in [-0.39, 0.29) is 0 Å². The zero-order valence-electron chi connectivity index (χ0n) is 3.52. The molecule has 0 aliphatic carbocycles. The summed E-state index contributed by atoms with van der Waals surface area (Å²) >= 11 is 4.81. The molecule has 1 aromatic rings. The molecule has 0 bridgehead atoms. The van der Waals surface area contributed by atoms with Gasteiger partial charge in [0.2, 0.25) is 0 Å². The molecule has 0 aromatic carbocycles. The number of hydrogen-bond donors (Lipinski definition) is 0. The predicted molar refractivity (Wildman–Crippen MR) is 35.4 cm³/mol. The number of thiophene rings is 1. The molecule has 0 nitrogen and oxygen atoms in total. The fourth-order valence-electron chi connectivity index (χ4n) is 0.328. The first-order chi connectivity index (χ1) is 3.29. The number of halogens is 1. The highest BCUT2D eigenvalue weighted by atomic mass is 79.9. The van der Waals surface area contributed by atoms with Crippen LogP contribution in [0.15, 0.2) is 15.9 Å². The lowest BCUT2D eigenvalue weighted by Gasteiger charge is -1.69. The Balaban J connectivity index is 3.04. The highest BCUT2D eigenvalue weighted by molar-refractivity contribution is 9.11. The molecule has 0 amide bonds. The van der Waals surface area contributed by atoms with Crippen molar-refractivity contribution in [3.05, 3.63) is 27.7 Å². The molecular weight excluding hydrogens is 172 g/mol. The van der Waals surface area contributed by atoms with Crippen molar-refractivity contribution < 1.29 is 0 Å². The Bertz CT molecular complexity index is 140. The first-order valence-electron chi connectivity index (χ1n) is 1.80. The van der Waals surface area contributed by atoms with E-state index in [1.54, 1.807) is 0 Å². The van der Waals surface area contributed by atoms with Crippen LogP contribution in [0.4, 0.5) is 0 Å². The van der Waals surface area contributed by atoms with Crippen LogP contribution in [0.2, 0.25) is 0 Å². The van der Waals surface area contributed by atoms with Gasteiger partial charge in [0.1, 0.15) is 0 Å². The maximum atomic E-state index is 5.37. The van der Waals surface area contributed by atoms with Gasteiger partial charge in [-0.15, -0.1) is 11.3 Å². The fourth-order valence-corrected chi connectivity index (χ4v) is 1.52. The minimum atomic E-state index is 0.854. The largest absolute Gasteiger partial charge is 0.133 e. The van der Waals surface area contributed by atoms with Crippen molar-refractivity contribution in [1.29, 1.82) is 0 Å². The number of hydrogen-bond acceptors (Lipinski definition) is 1. The van der Waals surface area contributed by atoms with Crippen molar-refractivity contribution in [2.45, 2.75) is 0 Å². The van der Waals surface area contributed by atoms with Crippen molar-refractivity contribution in [3.63, 3.8) is 0 Å². The van der Waals surface area contributed by atoms with Crippen LogP contribution in [0, 0.1) is 6.92 Å². The summed E-state index contributed by atoms with van der Waals surface area (Å²) in [6.45, 7) is 5.37. The molecule has 2 radical (unpaired) electrons. The minimum absolute atomic E-state index is 0.854. The average molecular weight is 175 g/mol. The molecule has 1 aromatic heterocycles. The van der Waals surface area contributed by atoms with E-state index >= 15 is 0 Å². The topological polar surface area (TPSA) is 0 Å². The third-order valence-corrected chi connectivity index (χ3v) is 2.05. The van der Waals surface area contributed by atoms with Gasteiger partial charge in [-0.3, -0.25) is 0 Å². The molecule has 0 atom stereocenters. The Morgan fingerprint density at radius 2 is 2.29 bits per heavy atom. The van der Waals surface area contributed by atoms with E-state index in [1.165, 1.54) is 11.3 Å². The van der Waals surface area contributed by atoms with Crippen LogP contribution in [0.3, 0.4) is 0 Å². The van der Waals surface area contributed by atoms with Gasteiger partial charge >= 0.3 is 0 Å². The SMILES string of the molecule is [CH]c1ccc(Br)s1. The van der Waals surface area contributed by atoms with E-state index in [4.69, 9.17) is 6.92 Å². The van der Waals surface area contributed by atoms with E-state index < -0.39 is 0 Å². The van der Waals surface area contributed by atoms with Crippen LogP contribution in [0.5, 0.6) is 0 Å². The first-order valence-corrected chi connectivity index (χ1v) is 3.41. The van der Waals surface area contributed by atoms with Gasteiger partial charge in [0, 0.05) is 11.8 Å². The lowest BCUT2D eigenvalue weighted by molar-refractivity contribution is 1.87. The van der Waals surface area contributed by atoms with Gasteiger partial charge in [-0.1, -0.05) is 0 Å². The van der Waals surface area contributed by atoms with Gasteiger partial charge < -0.3 is 0 Å². The summed E-state index contributed by atoms with van der Waals surface area (Å²) in [5.41, 5.74) is 0. The molecule has 0 aliphatic rings. The molecule has 0 aliphatic heterocycles. The summed E-state index contributed by atoms with van der Waals surface area (Å²) in [6, 6.07) is 3.80. The van der Waals surface area contributed by atoms with Crippen LogP contribution >= 0.6 is 27.3 Å². The average Bonchev–Trinajstić information content (AvgIpc) is 1.87. The minimum Gasteiger partial charge on any atom is -0.133 e. The molecule has 0 saturated carbocycles. The first kappa shape index (κ1) is 5.32. The van der Waals surface area contributed by atoms with Gasteiger partial charge in [0.05, 0.1) is 3.79 Å². The van der Waals surface area contributed by atoms with Crippen LogP contribution in [0.25, 0.3) is 0 Å². The van der Waals surface area contributed by atoms with E-state index in [9.17, 15) is 0 Å². The van der Waals surface area contributed by atoms with Crippen molar-refractivity contribution in [2.75, 3.05) is 0 Å². The quantitative estimate of drug-likeness (QED) is 0.568. The standard InChI is InChI=1S/C5H3BrS/c1-4-2-3-5(6)7-4/h1-3H. The lowest BCUT2D eigenvalue weighted by atomic mass is 10.5. The smallest absolute Gasteiger partial charge is 0.0701 e. The third kappa shape index (κ3) is 1.28. The van der Waals surface area contributed by atoms with Crippen LogP contribution < -0.4 is 0 Å². The molecular formula is C5H3BrS. The second-order valence-electron chi connectivity index (χ2n) is 1.14. The summed E-state index contributed by atoms with van der Waals surface area (Å²) in [6.07, 6.45) is 0. The Morgan fingerprint density at radius 3 is 2.43 bits per heavy atom. The fraction of sp³-hybridized carbons (Fsp3) is 0. The van der Waals surface area contributed by atoms with Crippen LogP contribution in [-0.4, -0.2) is 0 Å². The Kier molecular flexibility index (Phi) is 1.50. The van der Waals surface area contributed by atoms with Gasteiger partial charge in [0.15, 0.2) is 0 Å². The van der Waals surface area contributed by atoms with Crippen LogP contribution in [-0.2, 0) is 0 Å². The summed E-state index contributed by atoms with van der Waals surface area (Å²) in [5.74, 6) is 0.